The van der Waals surface area contributed by atoms with Gasteiger partial charge in [-0.15, -0.1) is 0 Å². The van der Waals surface area contributed by atoms with Crippen molar-refractivity contribution >= 4 is 16.0 Å². The maximum Gasteiger partial charge on any atom is 0.211 e. The van der Waals surface area contributed by atoms with Gasteiger partial charge in [-0.25, -0.2) is 17.5 Å². The molecule has 6 nitrogen and oxygen atoms in total. The first kappa shape index (κ1) is 17.4. The van der Waals surface area contributed by atoms with Gasteiger partial charge in [0, 0.05) is 26.7 Å². The molecule has 0 spiro atoms. The van der Waals surface area contributed by atoms with Gasteiger partial charge in [0.15, 0.2) is 5.96 Å². The van der Waals surface area contributed by atoms with E-state index < -0.39 is 10.0 Å². The zero-order valence-corrected chi connectivity index (χ0v) is 13.0. The standard InChI is InChI=1S/C13H21FN4O2S/c1-3-21(19,20)18-8-7-16-13(15-2)17-10-11-5-4-6-12(14)9-11/h4-6,9,18H,3,7-8,10H2,1-2H3,(H2,15,16,17). The van der Waals surface area contributed by atoms with E-state index in [0.29, 0.717) is 19.0 Å². The molecule has 3 N–H and O–H groups in total. The molecule has 0 fully saturated rings. The van der Waals surface area contributed by atoms with Crippen LogP contribution in [-0.2, 0) is 16.6 Å². The van der Waals surface area contributed by atoms with Crippen molar-refractivity contribution in [1.82, 2.24) is 15.4 Å². The SMILES string of the molecule is CCS(=O)(=O)NCCNC(=NC)NCc1cccc(F)c1. The van der Waals surface area contributed by atoms with Crippen LogP contribution in [0.2, 0.25) is 0 Å². The van der Waals surface area contributed by atoms with Crippen LogP contribution in [0.1, 0.15) is 12.5 Å². The molecule has 0 aliphatic rings. The van der Waals surface area contributed by atoms with Crippen molar-refractivity contribution in [1.29, 1.82) is 0 Å². The Morgan fingerprint density at radius 2 is 2.05 bits per heavy atom. The van der Waals surface area contributed by atoms with E-state index in [1.54, 1.807) is 26.1 Å². The van der Waals surface area contributed by atoms with Crippen LogP contribution in [0.5, 0.6) is 0 Å². The predicted octanol–water partition coefficient (Wildman–Crippen LogP) is 0.430. The molecule has 0 atom stereocenters. The van der Waals surface area contributed by atoms with Gasteiger partial charge in [-0.2, -0.15) is 0 Å². The van der Waals surface area contributed by atoms with Crippen molar-refractivity contribution in [3.63, 3.8) is 0 Å². The van der Waals surface area contributed by atoms with Gasteiger partial charge in [0.1, 0.15) is 5.82 Å². The van der Waals surface area contributed by atoms with Crippen molar-refractivity contribution in [2.45, 2.75) is 13.5 Å². The summed E-state index contributed by atoms with van der Waals surface area (Å²) in [6, 6.07) is 6.27. The topological polar surface area (TPSA) is 82.6 Å². The Labute approximate surface area is 124 Å². The second kappa shape index (κ2) is 8.58. The van der Waals surface area contributed by atoms with E-state index in [4.69, 9.17) is 0 Å². The van der Waals surface area contributed by atoms with Gasteiger partial charge in [-0.3, -0.25) is 4.99 Å². The number of guanidine groups is 1. The Bertz CT molecular complexity index is 575. The Hall–Kier alpha value is -1.67. The summed E-state index contributed by atoms with van der Waals surface area (Å²) in [6.07, 6.45) is 0. The number of hydrogen-bond acceptors (Lipinski definition) is 3. The third kappa shape index (κ3) is 7.05. The summed E-state index contributed by atoms with van der Waals surface area (Å²) in [6.45, 7) is 2.69. The third-order valence-corrected chi connectivity index (χ3v) is 4.10. The molecule has 0 radical (unpaired) electrons. The van der Waals surface area contributed by atoms with E-state index >= 15 is 0 Å². The zero-order chi connectivity index (χ0) is 15.7. The number of hydrogen-bond donors (Lipinski definition) is 3. The summed E-state index contributed by atoms with van der Waals surface area (Å²) in [5, 5.41) is 5.99. The fourth-order valence-corrected chi connectivity index (χ4v) is 2.16. The van der Waals surface area contributed by atoms with E-state index in [9.17, 15) is 12.8 Å². The maximum absolute atomic E-state index is 13.0. The lowest BCUT2D eigenvalue weighted by Gasteiger charge is -2.12. The van der Waals surface area contributed by atoms with Gasteiger partial charge < -0.3 is 10.6 Å². The van der Waals surface area contributed by atoms with Gasteiger partial charge in [0.2, 0.25) is 10.0 Å². The second-order valence-corrected chi connectivity index (χ2v) is 6.38. The zero-order valence-electron chi connectivity index (χ0n) is 12.2. The summed E-state index contributed by atoms with van der Waals surface area (Å²) in [7, 11) is -1.57. The highest BCUT2D eigenvalue weighted by Gasteiger charge is 2.05. The molecule has 0 amide bonds. The van der Waals surface area contributed by atoms with Gasteiger partial charge in [0.05, 0.1) is 5.75 Å². The van der Waals surface area contributed by atoms with Crippen LogP contribution in [0.3, 0.4) is 0 Å². The molecule has 8 heteroatoms. The van der Waals surface area contributed by atoms with Crippen molar-refractivity contribution in [2.75, 3.05) is 25.9 Å². The predicted molar refractivity (Wildman–Crippen MR) is 82.1 cm³/mol. The largest absolute Gasteiger partial charge is 0.355 e. The molecule has 0 heterocycles. The molecule has 118 valence electrons. The van der Waals surface area contributed by atoms with Crippen LogP contribution >= 0.6 is 0 Å². The normalized spacial score (nSPS) is 12.2. The van der Waals surface area contributed by atoms with Crippen molar-refractivity contribution in [3.8, 4) is 0 Å². The molecule has 0 aliphatic heterocycles. The molecule has 0 bridgehead atoms. The highest BCUT2D eigenvalue weighted by Crippen LogP contribution is 2.02. The summed E-state index contributed by atoms with van der Waals surface area (Å²) in [5.41, 5.74) is 0.796. The molecule has 0 aliphatic carbocycles. The minimum absolute atomic E-state index is 0.0551. The minimum Gasteiger partial charge on any atom is -0.355 e. The first-order valence-corrected chi connectivity index (χ1v) is 8.28. The maximum atomic E-state index is 13.0. The number of rotatable bonds is 7. The highest BCUT2D eigenvalue weighted by molar-refractivity contribution is 7.89. The number of nitrogens with zero attached hydrogens (tertiary/aromatic N) is 1. The van der Waals surface area contributed by atoms with Crippen LogP contribution in [0.25, 0.3) is 0 Å². The number of aliphatic imine (C=N–C) groups is 1. The van der Waals surface area contributed by atoms with Gasteiger partial charge in [-0.05, 0) is 24.6 Å². The number of halogens is 1. The fraction of sp³-hybridized carbons (Fsp3) is 0.462. The van der Waals surface area contributed by atoms with Gasteiger partial charge >= 0.3 is 0 Å². The second-order valence-electron chi connectivity index (χ2n) is 4.28. The van der Waals surface area contributed by atoms with Crippen LogP contribution in [0.4, 0.5) is 4.39 Å². The highest BCUT2D eigenvalue weighted by atomic mass is 32.2. The summed E-state index contributed by atoms with van der Waals surface area (Å²) in [5.74, 6) is 0.292. The lowest BCUT2D eigenvalue weighted by molar-refractivity contribution is 0.582. The van der Waals surface area contributed by atoms with E-state index in [0.717, 1.165) is 5.56 Å². The number of benzene rings is 1. The van der Waals surface area contributed by atoms with E-state index in [1.165, 1.54) is 12.1 Å². The monoisotopic (exact) mass is 316 g/mol. The van der Waals surface area contributed by atoms with Gasteiger partial charge in [-0.1, -0.05) is 12.1 Å². The molecule has 0 saturated carbocycles. The lowest BCUT2D eigenvalue weighted by Crippen LogP contribution is -2.41. The molecule has 1 aromatic carbocycles. The minimum atomic E-state index is -3.18. The number of nitrogens with one attached hydrogen (secondary N) is 3. The van der Waals surface area contributed by atoms with E-state index in [1.807, 2.05) is 0 Å². The van der Waals surface area contributed by atoms with Gasteiger partial charge in [0.25, 0.3) is 0 Å². The Balaban J connectivity index is 2.33. The van der Waals surface area contributed by atoms with E-state index in [-0.39, 0.29) is 18.1 Å². The van der Waals surface area contributed by atoms with Crippen LogP contribution in [0, 0.1) is 5.82 Å². The lowest BCUT2D eigenvalue weighted by atomic mass is 10.2. The van der Waals surface area contributed by atoms with Crippen LogP contribution in [-0.4, -0.2) is 40.3 Å². The van der Waals surface area contributed by atoms with Crippen LogP contribution in [0.15, 0.2) is 29.3 Å². The smallest absolute Gasteiger partial charge is 0.211 e. The van der Waals surface area contributed by atoms with Crippen molar-refractivity contribution in [3.05, 3.63) is 35.6 Å². The molecule has 1 rings (SSSR count). The Morgan fingerprint density at radius 3 is 2.67 bits per heavy atom. The first-order valence-electron chi connectivity index (χ1n) is 6.63. The average molecular weight is 316 g/mol. The van der Waals surface area contributed by atoms with Crippen molar-refractivity contribution < 1.29 is 12.8 Å². The van der Waals surface area contributed by atoms with E-state index in [2.05, 4.69) is 20.3 Å². The average Bonchev–Trinajstić information content (AvgIpc) is 2.46. The third-order valence-electron chi connectivity index (χ3n) is 2.69. The summed E-state index contributed by atoms with van der Waals surface area (Å²) in [4.78, 5) is 4.00. The number of sulfonamides is 1. The molecule has 0 unspecified atom stereocenters. The fourth-order valence-electron chi connectivity index (χ4n) is 1.54. The molecule has 0 saturated heterocycles. The molecular weight excluding hydrogens is 295 g/mol. The van der Waals surface area contributed by atoms with Crippen LogP contribution < -0.4 is 15.4 Å². The Morgan fingerprint density at radius 1 is 1.29 bits per heavy atom. The Kier molecular flexibility index (Phi) is 7.10. The molecular formula is C13H21FN4O2S. The molecule has 21 heavy (non-hydrogen) atoms. The summed E-state index contributed by atoms with van der Waals surface area (Å²) < 4.78 is 37.9. The quantitative estimate of drug-likeness (QED) is 0.387. The molecule has 1 aromatic rings. The summed E-state index contributed by atoms with van der Waals surface area (Å²) >= 11 is 0. The van der Waals surface area contributed by atoms with Crippen molar-refractivity contribution in [2.24, 2.45) is 4.99 Å². The molecule has 0 aromatic heterocycles. The first-order chi connectivity index (χ1) is 9.96.